The van der Waals surface area contributed by atoms with Crippen molar-refractivity contribution >= 4 is 33.4 Å². The molecule has 0 unspecified atom stereocenters. The molecule has 0 radical (unpaired) electrons. The van der Waals surface area contributed by atoms with Crippen molar-refractivity contribution in [2.75, 3.05) is 19.6 Å². The van der Waals surface area contributed by atoms with E-state index in [0.717, 1.165) is 36.1 Å². The summed E-state index contributed by atoms with van der Waals surface area (Å²) in [4.78, 5) is 0. The summed E-state index contributed by atoms with van der Waals surface area (Å²) in [5.74, 6) is 0.479. The van der Waals surface area contributed by atoms with E-state index < -0.39 is 10.2 Å². The summed E-state index contributed by atoms with van der Waals surface area (Å²) in [6, 6.07) is 17.8. The Morgan fingerprint density at radius 2 is 1.74 bits per heavy atom. The highest BCUT2D eigenvalue weighted by Crippen LogP contribution is 2.30. The summed E-state index contributed by atoms with van der Waals surface area (Å²) in [5.41, 5.74) is 2.99. The van der Waals surface area contributed by atoms with Crippen LogP contribution in [0.4, 0.5) is 0 Å². The van der Waals surface area contributed by atoms with E-state index in [1.54, 1.807) is 5.01 Å². The third-order valence-corrected chi connectivity index (χ3v) is 7.44. The van der Waals surface area contributed by atoms with Gasteiger partial charge in [-0.25, -0.2) is 5.01 Å². The Morgan fingerprint density at radius 3 is 2.39 bits per heavy atom. The van der Waals surface area contributed by atoms with Gasteiger partial charge in [0, 0.05) is 30.5 Å². The van der Waals surface area contributed by atoms with Crippen molar-refractivity contribution in [2.24, 2.45) is 9.50 Å². The SMILES string of the molecule is CCC(=NS(=O)(=O)N1CCCCC1)N1C[C@H](c2ccccc2)C(c2ccc(Cl)cc2)=N1. The van der Waals surface area contributed by atoms with Crippen molar-refractivity contribution in [3.05, 3.63) is 70.7 Å². The van der Waals surface area contributed by atoms with Crippen LogP contribution in [-0.2, 0) is 10.2 Å². The Bertz CT molecular complexity index is 1060. The second-order valence-electron chi connectivity index (χ2n) is 7.84. The molecule has 4 rings (SSSR count). The van der Waals surface area contributed by atoms with E-state index in [4.69, 9.17) is 16.7 Å². The van der Waals surface area contributed by atoms with E-state index in [0.29, 0.717) is 36.9 Å². The lowest BCUT2D eigenvalue weighted by Crippen LogP contribution is -2.36. The molecule has 8 heteroatoms. The van der Waals surface area contributed by atoms with Gasteiger partial charge in [-0.15, -0.1) is 4.40 Å². The molecule has 31 heavy (non-hydrogen) atoms. The van der Waals surface area contributed by atoms with Gasteiger partial charge in [0.2, 0.25) is 0 Å². The van der Waals surface area contributed by atoms with E-state index in [2.05, 4.69) is 16.5 Å². The minimum atomic E-state index is -3.71. The van der Waals surface area contributed by atoms with Crippen LogP contribution in [0, 0.1) is 0 Å². The lowest BCUT2D eigenvalue weighted by Gasteiger charge is -2.24. The van der Waals surface area contributed by atoms with Crippen molar-refractivity contribution in [3.63, 3.8) is 0 Å². The molecule has 2 heterocycles. The van der Waals surface area contributed by atoms with Crippen LogP contribution in [0.3, 0.4) is 0 Å². The van der Waals surface area contributed by atoms with Gasteiger partial charge < -0.3 is 0 Å². The molecule has 0 saturated carbocycles. The average Bonchev–Trinajstić information content (AvgIpc) is 3.24. The zero-order valence-electron chi connectivity index (χ0n) is 17.6. The molecule has 0 amide bonds. The maximum atomic E-state index is 12.9. The van der Waals surface area contributed by atoms with Gasteiger partial charge in [-0.05, 0) is 36.1 Å². The number of hydrogen-bond donors (Lipinski definition) is 0. The van der Waals surface area contributed by atoms with E-state index in [1.165, 1.54) is 4.31 Å². The molecule has 2 aliphatic rings. The van der Waals surface area contributed by atoms with Gasteiger partial charge in [-0.2, -0.15) is 17.8 Å². The van der Waals surface area contributed by atoms with Crippen molar-refractivity contribution in [1.29, 1.82) is 0 Å². The molecule has 1 saturated heterocycles. The highest BCUT2D eigenvalue weighted by atomic mass is 35.5. The smallest absolute Gasteiger partial charge is 0.249 e. The fraction of sp³-hybridized carbons (Fsp3) is 0.391. The van der Waals surface area contributed by atoms with Crippen LogP contribution in [0.15, 0.2) is 64.1 Å². The molecule has 0 bridgehead atoms. The number of hydrazone groups is 1. The lowest BCUT2D eigenvalue weighted by atomic mass is 9.91. The summed E-state index contributed by atoms with van der Waals surface area (Å²) in [5, 5.41) is 7.26. The molecule has 2 aliphatic heterocycles. The molecule has 2 aromatic carbocycles. The molecular weight excluding hydrogens is 432 g/mol. The van der Waals surface area contributed by atoms with Crippen molar-refractivity contribution < 1.29 is 8.42 Å². The average molecular weight is 459 g/mol. The van der Waals surface area contributed by atoms with Gasteiger partial charge in [-0.3, -0.25) is 0 Å². The molecule has 0 spiro atoms. The van der Waals surface area contributed by atoms with Crippen LogP contribution in [0.1, 0.15) is 49.7 Å². The van der Waals surface area contributed by atoms with Crippen LogP contribution >= 0.6 is 11.6 Å². The van der Waals surface area contributed by atoms with Crippen LogP contribution < -0.4 is 0 Å². The topological polar surface area (TPSA) is 65.3 Å². The molecule has 6 nitrogen and oxygen atoms in total. The Kier molecular flexibility index (Phi) is 6.74. The monoisotopic (exact) mass is 458 g/mol. The highest BCUT2D eigenvalue weighted by molar-refractivity contribution is 7.87. The third-order valence-electron chi connectivity index (χ3n) is 5.73. The van der Waals surface area contributed by atoms with E-state index in [1.807, 2.05) is 49.4 Å². The number of amidine groups is 1. The quantitative estimate of drug-likeness (QED) is 0.482. The van der Waals surface area contributed by atoms with E-state index in [9.17, 15) is 8.42 Å². The van der Waals surface area contributed by atoms with Gasteiger partial charge in [0.15, 0.2) is 0 Å². The Morgan fingerprint density at radius 1 is 1.06 bits per heavy atom. The van der Waals surface area contributed by atoms with Crippen LogP contribution in [-0.4, -0.2) is 48.9 Å². The Balaban J connectivity index is 1.69. The molecule has 1 fully saturated rings. The molecule has 0 aromatic heterocycles. The number of hydrogen-bond acceptors (Lipinski definition) is 3. The predicted octanol–water partition coefficient (Wildman–Crippen LogP) is 4.68. The minimum Gasteiger partial charge on any atom is -0.249 e. The number of piperidine rings is 1. The summed E-state index contributed by atoms with van der Waals surface area (Å²) < 4.78 is 31.5. The van der Waals surface area contributed by atoms with Gasteiger partial charge in [0.1, 0.15) is 5.84 Å². The molecule has 164 valence electrons. The first-order valence-corrected chi connectivity index (χ1v) is 12.5. The zero-order chi connectivity index (χ0) is 21.8. The molecule has 1 atom stereocenters. The fourth-order valence-corrected chi connectivity index (χ4v) is 5.52. The van der Waals surface area contributed by atoms with Gasteiger partial charge in [0.05, 0.1) is 12.3 Å². The first-order chi connectivity index (χ1) is 15.0. The van der Waals surface area contributed by atoms with Crippen LogP contribution in [0.2, 0.25) is 5.02 Å². The number of rotatable bonds is 5. The molecule has 0 aliphatic carbocycles. The first-order valence-electron chi connectivity index (χ1n) is 10.7. The van der Waals surface area contributed by atoms with Crippen LogP contribution in [0.5, 0.6) is 0 Å². The number of nitrogens with zero attached hydrogens (tertiary/aromatic N) is 4. The van der Waals surface area contributed by atoms with E-state index in [-0.39, 0.29) is 5.92 Å². The minimum absolute atomic E-state index is 0.0109. The van der Waals surface area contributed by atoms with Crippen molar-refractivity contribution in [3.8, 4) is 0 Å². The Labute approximate surface area is 189 Å². The number of halogens is 1. The van der Waals surface area contributed by atoms with Gasteiger partial charge in [0.25, 0.3) is 0 Å². The summed E-state index contributed by atoms with van der Waals surface area (Å²) in [6.07, 6.45) is 3.31. The normalized spacial score (nSPS) is 20.7. The highest BCUT2D eigenvalue weighted by Gasteiger charge is 2.32. The maximum absolute atomic E-state index is 12.9. The Hall–Kier alpha value is -2.22. The van der Waals surface area contributed by atoms with E-state index >= 15 is 0 Å². The predicted molar refractivity (Wildman–Crippen MR) is 126 cm³/mol. The lowest BCUT2D eigenvalue weighted by molar-refractivity contribution is 0.346. The molecule has 2 aromatic rings. The fourth-order valence-electron chi connectivity index (χ4n) is 4.07. The van der Waals surface area contributed by atoms with Gasteiger partial charge in [-0.1, -0.05) is 67.4 Å². The van der Waals surface area contributed by atoms with Gasteiger partial charge >= 0.3 is 10.2 Å². The second kappa shape index (κ2) is 9.51. The standard InChI is InChI=1S/C23H27ClN4O2S/c1-2-22(26-31(29,30)27-15-7-4-8-16-27)28-17-21(18-9-5-3-6-10-18)23(25-28)19-11-13-20(24)14-12-19/h3,5-6,9-14,21H,2,4,7-8,15-17H2,1H3/t21-/m1/s1. The summed E-state index contributed by atoms with van der Waals surface area (Å²) in [6.45, 7) is 3.53. The summed E-state index contributed by atoms with van der Waals surface area (Å²) >= 11 is 6.08. The third kappa shape index (κ3) is 5.00. The van der Waals surface area contributed by atoms with Crippen LogP contribution in [0.25, 0.3) is 0 Å². The zero-order valence-corrected chi connectivity index (χ0v) is 19.2. The van der Waals surface area contributed by atoms with Crippen molar-refractivity contribution in [2.45, 2.75) is 38.5 Å². The summed E-state index contributed by atoms with van der Waals surface area (Å²) in [7, 11) is -3.71. The largest absolute Gasteiger partial charge is 0.324 e. The second-order valence-corrected chi connectivity index (χ2v) is 9.87. The molecular formula is C23H27ClN4O2S. The first kappa shape index (κ1) is 22.0. The maximum Gasteiger partial charge on any atom is 0.324 e. The molecule has 0 N–H and O–H groups in total. The number of benzene rings is 2. The van der Waals surface area contributed by atoms with Crippen molar-refractivity contribution in [1.82, 2.24) is 9.31 Å².